The Kier molecular flexibility index (Phi) is 12.6. The molecule has 1 aromatic carbocycles. The first-order chi connectivity index (χ1) is 22.8. The van der Waals surface area contributed by atoms with Gasteiger partial charge in [0.25, 0.3) is 5.91 Å². The molecule has 1 saturated carbocycles. The highest BCUT2D eigenvalue weighted by Gasteiger charge is 2.54. The Labute approximate surface area is 287 Å². The van der Waals surface area contributed by atoms with Crippen molar-refractivity contribution in [2.45, 2.75) is 109 Å². The molecule has 4 rings (SSSR count). The number of Topliss-reactive ketones (excluding diaryl/α,β-unsaturated/α-hetero) is 1. The van der Waals surface area contributed by atoms with Crippen LogP contribution in [0.4, 0.5) is 4.39 Å². The topological polar surface area (TPSA) is 146 Å². The minimum Gasteiger partial charge on any atom is -0.347 e. The molecule has 264 valence electrons. The van der Waals surface area contributed by atoms with Gasteiger partial charge in [0.15, 0.2) is 0 Å². The minimum atomic E-state index is -1.18. The summed E-state index contributed by atoms with van der Waals surface area (Å²) in [5.41, 5.74) is 2.47. The van der Waals surface area contributed by atoms with Crippen molar-refractivity contribution in [2.75, 3.05) is 19.8 Å². The zero-order valence-corrected chi connectivity index (χ0v) is 29.1. The lowest BCUT2D eigenvalue weighted by molar-refractivity contribution is -0.145. The van der Waals surface area contributed by atoms with Gasteiger partial charge in [0, 0.05) is 30.0 Å². The van der Waals surface area contributed by atoms with Crippen molar-refractivity contribution in [2.24, 2.45) is 11.3 Å². The van der Waals surface area contributed by atoms with Crippen LogP contribution in [-0.2, 0) is 28.8 Å². The van der Waals surface area contributed by atoms with E-state index in [1.807, 2.05) is 32.9 Å². The molecule has 4 amide bonds. The van der Waals surface area contributed by atoms with Crippen LogP contribution in [0.3, 0.4) is 0 Å². The fourth-order valence-electron chi connectivity index (χ4n) is 6.74. The lowest BCUT2D eigenvalue weighted by Gasteiger charge is -2.36. The molecule has 1 aliphatic carbocycles. The van der Waals surface area contributed by atoms with Crippen LogP contribution in [0.5, 0.6) is 0 Å². The Balaban J connectivity index is 1.62. The summed E-state index contributed by atoms with van der Waals surface area (Å²) < 4.78 is 12.7. The third-order valence-electron chi connectivity index (χ3n) is 9.28. The number of likely N-dealkylation sites (tertiary alicyclic amines) is 1. The molecule has 0 radical (unpaired) electrons. The SMILES string of the molecule is CCC[C@H](NC(=O)[C@@H]1C[C@]2(C=C(c3cccc(Cl)c3)NO2)CN1C(=O)[C@@H](NC(=O)CC1CCCCC1)C(C)(C)C)C(=O)C(=O)NCCF. The number of nitrogens with one attached hydrogen (secondary N) is 4. The third kappa shape index (κ3) is 9.34. The van der Waals surface area contributed by atoms with Crippen LogP contribution in [0.15, 0.2) is 30.3 Å². The van der Waals surface area contributed by atoms with Gasteiger partial charge < -0.3 is 20.9 Å². The summed E-state index contributed by atoms with van der Waals surface area (Å²) >= 11 is 6.22. The van der Waals surface area contributed by atoms with Gasteiger partial charge in [-0.05, 0) is 48.8 Å². The van der Waals surface area contributed by atoms with Gasteiger partial charge in [-0.1, -0.05) is 77.1 Å². The fraction of sp³-hybridized carbons (Fsp3) is 0.629. The molecule has 3 aliphatic rings. The number of nitrogens with zero attached hydrogens (tertiary/aromatic N) is 1. The van der Waals surface area contributed by atoms with Gasteiger partial charge in [0.2, 0.25) is 23.5 Å². The first-order valence-corrected chi connectivity index (χ1v) is 17.4. The van der Waals surface area contributed by atoms with E-state index >= 15 is 0 Å². The van der Waals surface area contributed by atoms with E-state index in [0.717, 1.165) is 31.2 Å². The van der Waals surface area contributed by atoms with Gasteiger partial charge in [-0.15, -0.1) is 0 Å². The predicted molar refractivity (Wildman–Crippen MR) is 180 cm³/mol. The number of amides is 4. The number of hydrogen-bond acceptors (Lipinski definition) is 7. The van der Waals surface area contributed by atoms with Crippen LogP contribution in [0.25, 0.3) is 5.70 Å². The van der Waals surface area contributed by atoms with Crippen molar-refractivity contribution in [3.8, 4) is 0 Å². The number of carbonyl (C=O) groups excluding carboxylic acids is 5. The van der Waals surface area contributed by atoms with Gasteiger partial charge in [0.05, 0.1) is 18.3 Å². The smallest absolute Gasteiger partial charge is 0.289 e. The summed E-state index contributed by atoms with van der Waals surface area (Å²) in [5.74, 6) is -2.92. The van der Waals surface area contributed by atoms with Crippen molar-refractivity contribution >= 4 is 46.7 Å². The van der Waals surface area contributed by atoms with E-state index in [4.69, 9.17) is 16.4 Å². The first kappa shape index (κ1) is 37.3. The van der Waals surface area contributed by atoms with E-state index < -0.39 is 59.3 Å². The van der Waals surface area contributed by atoms with E-state index in [9.17, 15) is 28.4 Å². The van der Waals surface area contributed by atoms with Crippen molar-refractivity contribution in [3.05, 3.63) is 40.9 Å². The zero-order valence-electron chi connectivity index (χ0n) is 28.3. The molecule has 1 saturated heterocycles. The molecule has 0 bridgehead atoms. The second-order valence-corrected chi connectivity index (χ2v) is 14.7. The van der Waals surface area contributed by atoms with Gasteiger partial charge in [0.1, 0.15) is 24.4 Å². The molecule has 1 aromatic rings. The molecule has 2 heterocycles. The maximum absolute atomic E-state index is 14.5. The molecule has 4 N–H and O–H groups in total. The molecule has 4 atom stereocenters. The van der Waals surface area contributed by atoms with Crippen LogP contribution in [-0.4, -0.2) is 77.8 Å². The maximum atomic E-state index is 14.5. The lowest BCUT2D eigenvalue weighted by Crippen LogP contribution is -2.59. The van der Waals surface area contributed by atoms with E-state index in [1.54, 1.807) is 25.1 Å². The summed E-state index contributed by atoms with van der Waals surface area (Å²) in [5, 5.41) is 8.42. The molecule has 13 heteroatoms. The Hall–Kier alpha value is -3.51. The number of alkyl halides is 1. The summed E-state index contributed by atoms with van der Waals surface area (Å²) in [6, 6.07) is 3.92. The predicted octanol–water partition coefficient (Wildman–Crippen LogP) is 4.00. The van der Waals surface area contributed by atoms with Gasteiger partial charge in [-0.2, -0.15) is 0 Å². The fourth-order valence-corrected chi connectivity index (χ4v) is 6.93. The van der Waals surface area contributed by atoms with Crippen LogP contribution >= 0.6 is 11.6 Å². The zero-order chi connectivity index (χ0) is 35.1. The number of halogens is 2. The Morgan fingerprint density at radius 1 is 1.12 bits per heavy atom. The second-order valence-electron chi connectivity index (χ2n) is 14.3. The third-order valence-corrected chi connectivity index (χ3v) is 9.51. The van der Waals surface area contributed by atoms with E-state index in [-0.39, 0.29) is 37.8 Å². The first-order valence-electron chi connectivity index (χ1n) is 17.0. The number of ketones is 1. The highest BCUT2D eigenvalue weighted by atomic mass is 35.5. The maximum Gasteiger partial charge on any atom is 0.289 e. The molecular formula is C35H49ClFN5O6. The van der Waals surface area contributed by atoms with Gasteiger partial charge >= 0.3 is 0 Å². The minimum absolute atomic E-state index is 0.0184. The standard InChI is InChI=1S/C35H49ClFN5O6/c1-5-10-25(29(44)32(46)38-16-15-37)39-31(45)27-20-35(19-26(41-48-35)23-13-9-14-24(36)18-23)21-42(27)33(47)30(34(2,3)4)40-28(43)17-22-11-7-6-8-12-22/h9,13-14,18-19,22,25,27,30,41H,5-8,10-12,15-17,20-21H2,1-4H3,(H,38,46)(H,39,45)(H,40,43)/t25-,27-,30+,35+/m0/s1. The highest BCUT2D eigenvalue weighted by molar-refractivity contribution is 6.38. The van der Waals surface area contributed by atoms with Crippen LogP contribution in [0.1, 0.15) is 91.0 Å². The molecule has 2 aliphatic heterocycles. The Morgan fingerprint density at radius 2 is 1.85 bits per heavy atom. The van der Waals surface area contributed by atoms with Crippen molar-refractivity contribution < 1.29 is 33.2 Å². The number of hydrogen-bond donors (Lipinski definition) is 4. The Bertz CT molecular complexity index is 1390. The van der Waals surface area contributed by atoms with Crippen molar-refractivity contribution in [3.63, 3.8) is 0 Å². The van der Waals surface area contributed by atoms with Crippen LogP contribution in [0, 0.1) is 11.3 Å². The van der Waals surface area contributed by atoms with E-state index in [2.05, 4.69) is 21.4 Å². The summed E-state index contributed by atoms with van der Waals surface area (Å²) in [6.07, 6.45) is 8.13. The molecule has 0 aromatic heterocycles. The highest BCUT2D eigenvalue weighted by Crippen LogP contribution is 2.39. The molecule has 11 nitrogen and oxygen atoms in total. The molecule has 48 heavy (non-hydrogen) atoms. The largest absolute Gasteiger partial charge is 0.347 e. The number of carbonyl (C=O) groups is 5. The van der Waals surface area contributed by atoms with Crippen LogP contribution < -0.4 is 21.4 Å². The molecule has 2 fully saturated rings. The van der Waals surface area contributed by atoms with E-state index in [0.29, 0.717) is 23.6 Å². The second kappa shape index (κ2) is 16.3. The normalized spacial score (nSPS) is 22.4. The average Bonchev–Trinajstić information content (AvgIpc) is 3.65. The molecule has 0 unspecified atom stereocenters. The lowest BCUT2D eigenvalue weighted by atomic mass is 9.84. The van der Waals surface area contributed by atoms with Gasteiger partial charge in [-0.3, -0.25) is 34.3 Å². The summed E-state index contributed by atoms with van der Waals surface area (Å²) in [4.78, 5) is 74.7. The number of hydroxylamine groups is 1. The van der Waals surface area contributed by atoms with Crippen molar-refractivity contribution in [1.29, 1.82) is 0 Å². The van der Waals surface area contributed by atoms with Crippen LogP contribution in [0.2, 0.25) is 5.02 Å². The van der Waals surface area contributed by atoms with Crippen molar-refractivity contribution in [1.82, 2.24) is 26.3 Å². The molecule has 1 spiro atoms. The molecular weight excluding hydrogens is 641 g/mol. The number of benzene rings is 1. The quantitative estimate of drug-likeness (QED) is 0.229. The summed E-state index contributed by atoms with van der Waals surface area (Å²) in [6.45, 7) is 6.19. The van der Waals surface area contributed by atoms with Gasteiger partial charge in [-0.25, -0.2) is 4.39 Å². The van der Waals surface area contributed by atoms with E-state index in [1.165, 1.54) is 11.3 Å². The average molecular weight is 690 g/mol. The summed E-state index contributed by atoms with van der Waals surface area (Å²) in [7, 11) is 0. The monoisotopic (exact) mass is 689 g/mol. The number of rotatable bonds is 13. The Morgan fingerprint density at radius 3 is 2.50 bits per heavy atom.